The molecule has 0 spiro atoms. The van der Waals surface area contributed by atoms with Gasteiger partial charge in [-0.3, -0.25) is 9.79 Å². The van der Waals surface area contributed by atoms with Gasteiger partial charge in [0.15, 0.2) is 5.96 Å². The second kappa shape index (κ2) is 9.57. The topological polar surface area (TPSA) is 70.1 Å². The molecule has 8 heteroatoms. The van der Waals surface area contributed by atoms with E-state index in [0.29, 0.717) is 26.2 Å². The Hall–Kier alpha value is -2.45. The highest BCUT2D eigenvalue weighted by molar-refractivity contribution is 7.15. The number of aromatic nitrogens is 1. The van der Waals surface area contributed by atoms with E-state index in [0.717, 1.165) is 48.2 Å². The van der Waals surface area contributed by atoms with Crippen LogP contribution >= 0.6 is 11.3 Å². The fourth-order valence-electron chi connectivity index (χ4n) is 3.90. The highest BCUT2D eigenvalue weighted by atomic mass is 32.1. The third-order valence-electron chi connectivity index (χ3n) is 5.63. The number of nitrogens with one attached hydrogen (secondary N) is 1. The molecular weight excluding hydrogens is 398 g/mol. The molecule has 160 valence electrons. The smallest absolute Gasteiger partial charge is 0.251 e. The van der Waals surface area contributed by atoms with Crippen LogP contribution in [0, 0.1) is 6.92 Å². The van der Waals surface area contributed by atoms with Crippen LogP contribution in [0.2, 0.25) is 0 Å². The van der Waals surface area contributed by atoms with Gasteiger partial charge in [0.05, 0.1) is 12.2 Å². The molecular formula is C22H29N5O2S. The highest BCUT2D eigenvalue weighted by Gasteiger charge is 2.30. The minimum atomic E-state index is -0.234. The van der Waals surface area contributed by atoms with Crippen LogP contribution in [-0.4, -0.2) is 72.6 Å². The van der Waals surface area contributed by atoms with Crippen molar-refractivity contribution in [1.29, 1.82) is 0 Å². The summed E-state index contributed by atoms with van der Waals surface area (Å²) >= 11 is 1.72. The molecule has 1 amide bonds. The summed E-state index contributed by atoms with van der Waals surface area (Å²) in [5.41, 5.74) is 2.20. The maximum Gasteiger partial charge on any atom is 0.251 e. The van der Waals surface area contributed by atoms with Crippen LogP contribution in [0.25, 0.3) is 10.6 Å². The van der Waals surface area contributed by atoms with Crippen molar-refractivity contribution in [3.63, 3.8) is 0 Å². The van der Waals surface area contributed by atoms with Crippen LogP contribution in [0.15, 0.2) is 35.3 Å². The van der Waals surface area contributed by atoms with E-state index in [4.69, 9.17) is 9.72 Å². The van der Waals surface area contributed by atoms with Crippen LogP contribution < -0.4 is 5.32 Å². The van der Waals surface area contributed by atoms with Crippen molar-refractivity contribution in [2.24, 2.45) is 4.99 Å². The Labute approximate surface area is 181 Å². The van der Waals surface area contributed by atoms with E-state index in [9.17, 15) is 4.79 Å². The van der Waals surface area contributed by atoms with Gasteiger partial charge in [0.25, 0.3) is 5.91 Å². The molecule has 0 radical (unpaired) electrons. The Balaban J connectivity index is 1.32. The van der Waals surface area contributed by atoms with E-state index in [1.807, 2.05) is 23.1 Å². The number of ether oxygens (including phenoxy) is 1. The van der Waals surface area contributed by atoms with Crippen molar-refractivity contribution in [3.8, 4) is 10.6 Å². The molecule has 1 atom stereocenters. The van der Waals surface area contributed by atoms with Gasteiger partial charge in [0.1, 0.15) is 11.1 Å². The number of amides is 1. The number of aliphatic imine (C=N–C) groups is 1. The molecule has 1 unspecified atom stereocenters. The number of hydrogen-bond acceptors (Lipinski definition) is 5. The Morgan fingerprint density at radius 1 is 1.23 bits per heavy atom. The number of piperazine rings is 1. The Kier molecular flexibility index (Phi) is 6.64. The van der Waals surface area contributed by atoms with Crippen molar-refractivity contribution in [2.45, 2.75) is 32.4 Å². The van der Waals surface area contributed by atoms with Gasteiger partial charge in [-0.05, 0) is 19.8 Å². The van der Waals surface area contributed by atoms with Gasteiger partial charge < -0.3 is 19.9 Å². The summed E-state index contributed by atoms with van der Waals surface area (Å²) in [4.78, 5) is 27.1. The van der Waals surface area contributed by atoms with E-state index >= 15 is 0 Å². The lowest BCUT2D eigenvalue weighted by atomic mass is 10.2. The lowest BCUT2D eigenvalue weighted by molar-refractivity contribution is -0.142. The average molecular weight is 428 g/mol. The number of aryl methyl sites for hydroxylation is 1. The minimum Gasteiger partial charge on any atom is -0.368 e. The molecule has 1 aromatic carbocycles. The van der Waals surface area contributed by atoms with Crippen molar-refractivity contribution < 1.29 is 9.53 Å². The summed E-state index contributed by atoms with van der Waals surface area (Å²) in [6.45, 7) is 6.41. The molecule has 3 heterocycles. The van der Waals surface area contributed by atoms with Crippen LogP contribution in [0.3, 0.4) is 0 Å². The van der Waals surface area contributed by atoms with Gasteiger partial charge in [0.2, 0.25) is 0 Å². The second-order valence-corrected chi connectivity index (χ2v) is 8.69. The zero-order chi connectivity index (χ0) is 20.9. The summed E-state index contributed by atoms with van der Waals surface area (Å²) in [5, 5.41) is 4.52. The largest absolute Gasteiger partial charge is 0.368 e. The molecule has 2 saturated heterocycles. The number of guanidine groups is 1. The monoisotopic (exact) mass is 427 g/mol. The predicted octanol–water partition coefficient (Wildman–Crippen LogP) is 2.52. The van der Waals surface area contributed by atoms with Crippen molar-refractivity contribution >= 4 is 23.2 Å². The number of hydrogen-bond donors (Lipinski definition) is 1. The summed E-state index contributed by atoms with van der Waals surface area (Å²) in [6, 6.07) is 10.3. The fourth-order valence-corrected chi connectivity index (χ4v) is 4.91. The van der Waals surface area contributed by atoms with Crippen molar-refractivity contribution in [3.05, 3.63) is 40.9 Å². The number of carbonyl (C=O) groups excluding carboxylic acids is 1. The zero-order valence-electron chi connectivity index (χ0n) is 17.6. The molecule has 4 rings (SSSR count). The molecule has 1 N–H and O–H groups in total. The predicted molar refractivity (Wildman–Crippen MR) is 120 cm³/mol. The molecule has 2 aromatic rings. The SMILES string of the molecule is CN=C(NCc1sc(-c2ccccc2)nc1C)N1CCN(C(=O)C2CCCO2)CC1. The van der Waals surface area contributed by atoms with Crippen molar-refractivity contribution in [2.75, 3.05) is 39.8 Å². The quantitative estimate of drug-likeness (QED) is 0.600. The fraction of sp³-hybridized carbons (Fsp3) is 0.500. The molecule has 2 fully saturated rings. The Bertz CT molecular complexity index is 884. The first-order valence-electron chi connectivity index (χ1n) is 10.5. The summed E-state index contributed by atoms with van der Waals surface area (Å²) in [6.07, 6.45) is 1.60. The van der Waals surface area contributed by atoms with Gasteiger partial charge in [-0.15, -0.1) is 11.3 Å². The molecule has 2 aliphatic heterocycles. The first-order valence-corrected chi connectivity index (χ1v) is 11.3. The molecule has 7 nitrogen and oxygen atoms in total. The van der Waals surface area contributed by atoms with Gasteiger partial charge in [0, 0.05) is 50.3 Å². The van der Waals surface area contributed by atoms with E-state index in [2.05, 4.69) is 34.3 Å². The lowest BCUT2D eigenvalue weighted by Gasteiger charge is -2.37. The number of carbonyl (C=O) groups is 1. The number of nitrogens with zero attached hydrogens (tertiary/aromatic N) is 4. The summed E-state index contributed by atoms with van der Waals surface area (Å²) < 4.78 is 5.55. The minimum absolute atomic E-state index is 0.142. The van der Waals surface area contributed by atoms with E-state index in [-0.39, 0.29) is 12.0 Å². The van der Waals surface area contributed by atoms with Crippen molar-refractivity contribution in [1.82, 2.24) is 20.1 Å². The van der Waals surface area contributed by atoms with Crippen LogP contribution in [0.5, 0.6) is 0 Å². The number of thiazole rings is 1. The normalized spacial score (nSPS) is 19.9. The Morgan fingerprint density at radius 2 is 1.97 bits per heavy atom. The third kappa shape index (κ3) is 4.65. The number of benzene rings is 1. The standard InChI is InChI=1S/C22H29N5O2S/c1-16-19(30-20(25-16)17-7-4-3-5-8-17)15-24-22(23-2)27-12-10-26(11-13-27)21(28)18-9-6-14-29-18/h3-5,7-8,18H,6,9-15H2,1-2H3,(H,23,24). The molecule has 0 aliphatic carbocycles. The maximum atomic E-state index is 12.5. The average Bonchev–Trinajstić information content (AvgIpc) is 3.45. The van der Waals surface area contributed by atoms with Crippen LogP contribution in [0.4, 0.5) is 0 Å². The lowest BCUT2D eigenvalue weighted by Crippen LogP contribution is -2.55. The Morgan fingerprint density at radius 3 is 2.63 bits per heavy atom. The van der Waals surface area contributed by atoms with Gasteiger partial charge in [-0.2, -0.15) is 0 Å². The van der Waals surface area contributed by atoms with E-state index in [1.165, 1.54) is 4.88 Å². The number of rotatable bonds is 4. The zero-order valence-corrected chi connectivity index (χ0v) is 18.5. The van der Waals surface area contributed by atoms with Gasteiger partial charge in [-0.25, -0.2) is 4.98 Å². The van der Waals surface area contributed by atoms with E-state index < -0.39 is 0 Å². The van der Waals surface area contributed by atoms with Gasteiger partial charge >= 0.3 is 0 Å². The first-order chi connectivity index (χ1) is 14.7. The van der Waals surface area contributed by atoms with E-state index in [1.54, 1.807) is 18.4 Å². The van der Waals surface area contributed by atoms with Gasteiger partial charge in [-0.1, -0.05) is 30.3 Å². The molecule has 30 heavy (non-hydrogen) atoms. The molecule has 0 saturated carbocycles. The first kappa shape index (κ1) is 20.8. The summed E-state index contributed by atoms with van der Waals surface area (Å²) in [7, 11) is 1.81. The highest BCUT2D eigenvalue weighted by Crippen LogP contribution is 2.27. The summed E-state index contributed by atoms with van der Waals surface area (Å²) in [5.74, 6) is 1.01. The molecule has 2 aliphatic rings. The second-order valence-electron chi connectivity index (χ2n) is 7.61. The third-order valence-corrected chi connectivity index (χ3v) is 6.83. The maximum absolute atomic E-state index is 12.5. The van der Waals surface area contributed by atoms with Crippen LogP contribution in [0.1, 0.15) is 23.4 Å². The molecule has 1 aromatic heterocycles. The molecule has 0 bridgehead atoms. The van der Waals surface area contributed by atoms with Crippen LogP contribution in [-0.2, 0) is 16.1 Å².